The number of fused-ring (bicyclic) bond motifs is 1. The van der Waals surface area contributed by atoms with E-state index in [0.29, 0.717) is 29.7 Å². The van der Waals surface area contributed by atoms with Gasteiger partial charge in [0.25, 0.3) is 0 Å². The van der Waals surface area contributed by atoms with Crippen LogP contribution in [-0.4, -0.2) is 18.6 Å². The number of ether oxygens (including phenoxy) is 2. The molecule has 0 aliphatic rings. The van der Waals surface area contributed by atoms with Gasteiger partial charge in [-0.15, -0.1) is 0 Å². The summed E-state index contributed by atoms with van der Waals surface area (Å²) in [4.78, 5) is 3.33. The second kappa shape index (κ2) is 9.90. The number of methoxy groups -OCH3 is 1. The molecule has 3 aromatic carbocycles. The Kier molecular flexibility index (Phi) is 6.80. The molecule has 4 rings (SSSR count). The van der Waals surface area contributed by atoms with Crippen LogP contribution in [0.5, 0.6) is 11.5 Å². The number of halogens is 1. The molecular formula is C26H27ClN2O2. The van der Waals surface area contributed by atoms with E-state index in [0.717, 1.165) is 24.1 Å². The molecule has 0 aliphatic heterocycles. The van der Waals surface area contributed by atoms with E-state index in [9.17, 15) is 0 Å². The Morgan fingerprint density at radius 1 is 1.00 bits per heavy atom. The zero-order valence-electron chi connectivity index (χ0n) is 17.9. The van der Waals surface area contributed by atoms with Crippen molar-refractivity contribution < 1.29 is 9.47 Å². The van der Waals surface area contributed by atoms with Crippen molar-refractivity contribution in [2.75, 3.05) is 13.7 Å². The number of para-hydroxylation sites is 1. The largest absolute Gasteiger partial charge is 0.493 e. The summed E-state index contributed by atoms with van der Waals surface area (Å²) in [6.07, 6.45) is 3.04. The molecule has 2 N–H and O–H groups in total. The average Bonchev–Trinajstić information content (AvgIpc) is 3.19. The Labute approximate surface area is 188 Å². The Balaban J connectivity index is 1.36. The van der Waals surface area contributed by atoms with Crippen LogP contribution in [0.15, 0.2) is 66.9 Å². The van der Waals surface area contributed by atoms with Crippen LogP contribution in [0.4, 0.5) is 0 Å². The van der Waals surface area contributed by atoms with Gasteiger partial charge in [-0.2, -0.15) is 0 Å². The molecule has 1 aromatic heterocycles. The van der Waals surface area contributed by atoms with Gasteiger partial charge in [0.2, 0.25) is 0 Å². The summed E-state index contributed by atoms with van der Waals surface area (Å²) in [5.41, 5.74) is 5.85. The van der Waals surface area contributed by atoms with Gasteiger partial charge in [0.15, 0.2) is 11.5 Å². The van der Waals surface area contributed by atoms with Crippen molar-refractivity contribution in [3.05, 3.63) is 94.1 Å². The first-order valence-electron chi connectivity index (χ1n) is 10.4. The molecule has 0 amide bonds. The number of aryl methyl sites for hydroxylation is 1. The third-order valence-corrected chi connectivity index (χ3v) is 5.61. The highest BCUT2D eigenvalue weighted by molar-refractivity contribution is 6.32. The van der Waals surface area contributed by atoms with Gasteiger partial charge in [0.1, 0.15) is 6.61 Å². The summed E-state index contributed by atoms with van der Waals surface area (Å²) in [6, 6.07) is 20.5. The number of aromatic amines is 1. The lowest BCUT2D eigenvalue weighted by Gasteiger charge is -2.15. The minimum absolute atomic E-state index is 0.444. The van der Waals surface area contributed by atoms with Crippen LogP contribution in [0.25, 0.3) is 10.9 Å². The molecule has 0 bridgehead atoms. The minimum atomic E-state index is 0.444. The van der Waals surface area contributed by atoms with Crippen LogP contribution < -0.4 is 14.8 Å². The standard InChI is InChI=1S/C26H27ClN2O2/c1-18-6-5-7-19(12-18)17-31-26-23(27)13-20(14-25(26)30-2)15-28-11-10-21-16-29-24-9-4-3-8-22(21)24/h3-9,12-14,16,28-29H,10-11,15,17H2,1-2H3. The zero-order chi connectivity index (χ0) is 21.6. The normalized spacial score (nSPS) is 11.1. The number of hydrogen-bond acceptors (Lipinski definition) is 3. The lowest BCUT2D eigenvalue weighted by Crippen LogP contribution is -2.16. The van der Waals surface area contributed by atoms with E-state index in [1.807, 2.05) is 30.3 Å². The molecule has 4 aromatic rings. The van der Waals surface area contributed by atoms with Gasteiger partial charge in [0, 0.05) is 23.6 Å². The number of aromatic nitrogens is 1. The van der Waals surface area contributed by atoms with E-state index in [2.05, 4.69) is 53.8 Å². The summed E-state index contributed by atoms with van der Waals surface area (Å²) in [6.45, 7) is 4.08. The first-order chi connectivity index (χ1) is 15.1. The highest BCUT2D eigenvalue weighted by Crippen LogP contribution is 2.37. The van der Waals surface area contributed by atoms with Gasteiger partial charge >= 0.3 is 0 Å². The first kappa shape index (κ1) is 21.3. The molecule has 0 saturated heterocycles. The molecule has 0 spiro atoms. The molecule has 0 radical (unpaired) electrons. The lowest BCUT2D eigenvalue weighted by atomic mass is 10.1. The topological polar surface area (TPSA) is 46.3 Å². The van der Waals surface area contributed by atoms with E-state index in [1.54, 1.807) is 7.11 Å². The molecule has 0 saturated carbocycles. The van der Waals surface area contributed by atoms with Gasteiger partial charge in [-0.25, -0.2) is 0 Å². The zero-order valence-corrected chi connectivity index (χ0v) is 18.6. The van der Waals surface area contributed by atoms with Crippen molar-refractivity contribution in [3.8, 4) is 11.5 Å². The summed E-state index contributed by atoms with van der Waals surface area (Å²) >= 11 is 6.53. The maximum absolute atomic E-state index is 6.53. The van der Waals surface area contributed by atoms with Crippen LogP contribution in [0.1, 0.15) is 22.3 Å². The molecule has 0 unspecified atom stereocenters. The predicted octanol–water partition coefficient (Wildman–Crippen LogP) is 6.05. The lowest BCUT2D eigenvalue weighted by molar-refractivity contribution is 0.284. The second-order valence-electron chi connectivity index (χ2n) is 7.67. The average molecular weight is 435 g/mol. The van der Waals surface area contributed by atoms with Crippen molar-refractivity contribution in [1.82, 2.24) is 10.3 Å². The van der Waals surface area contributed by atoms with Gasteiger partial charge in [0.05, 0.1) is 12.1 Å². The highest BCUT2D eigenvalue weighted by Gasteiger charge is 2.13. The third-order valence-electron chi connectivity index (χ3n) is 5.33. The van der Waals surface area contributed by atoms with Gasteiger partial charge in [-0.05, 0) is 54.8 Å². The van der Waals surface area contributed by atoms with E-state index >= 15 is 0 Å². The smallest absolute Gasteiger partial charge is 0.180 e. The maximum Gasteiger partial charge on any atom is 0.180 e. The maximum atomic E-state index is 6.53. The van der Waals surface area contributed by atoms with Crippen molar-refractivity contribution in [2.45, 2.75) is 26.5 Å². The van der Waals surface area contributed by atoms with Crippen molar-refractivity contribution in [3.63, 3.8) is 0 Å². The summed E-state index contributed by atoms with van der Waals surface area (Å²) in [5, 5.41) is 5.34. The monoisotopic (exact) mass is 434 g/mol. The second-order valence-corrected chi connectivity index (χ2v) is 8.08. The molecular weight excluding hydrogens is 408 g/mol. The Morgan fingerprint density at radius 3 is 2.71 bits per heavy atom. The third kappa shape index (κ3) is 5.22. The van der Waals surface area contributed by atoms with Gasteiger partial charge in [-0.3, -0.25) is 0 Å². The molecule has 160 valence electrons. The summed E-state index contributed by atoms with van der Waals surface area (Å²) < 4.78 is 11.5. The van der Waals surface area contributed by atoms with E-state index < -0.39 is 0 Å². The van der Waals surface area contributed by atoms with Crippen molar-refractivity contribution in [1.29, 1.82) is 0 Å². The highest BCUT2D eigenvalue weighted by atomic mass is 35.5. The van der Waals surface area contributed by atoms with Crippen LogP contribution >= 0.6 is 11.6 Å². The number of nitrogens with one attached hydrogen (secondary N) is 2. The molecule has 1 heterocycles. The van der Waals surface area contributed by atoms with Crippen LogP contribution in [0.3, 0.4) is 0 Å². The van der Waals surface area contributed by atoms with Crippen molar-refractivity contribution in [2.24, 2.45) is 0 Å². The van der Waals surface area contributed by atoms with E-state index in [4.69, 9.17) is 21.1 Å². The number of benzene rings is 3. The molecule has 4 nitrogen and oxygen atoms in total. The SMILES string of the molecule is COc1cc(CNCCc2c[nH]c3ccccc23)cc(Cl)c1OCc1cccc(C)c1. The van der Waals surface area contributed by atoms with E-state index in [-0.39, 0.29) is 0 Å². The minimum Gasteiger partial charge on any atom is -0.493 e. The fraction of sp³-hybridized carbons (Fsp3) is 0.231. The van der Waals surface area contributed by atoms with Crippen LogP contribution in [0.2, 0.25) is 5.02 Å². The van der Waals surface area contributed by atoms with Crippen molar-refractivity contribution >= 4 is 22.5 Å². The van der Waals surface area contributed by atoms with Gasteiger partial charge < -0.3 is 19.8 Å². The Morgan fingerprint density at radius 2 is 1.87 bits per heavy atom. The predicted molar refractivity (Wildman–Crippen MR) is 127 cm³/mol. The molecule has 0 atom stereocenters. The van der Waals surface area contributed by atoms with Crippen LogP contribution in [0, 0.1) is 6.92 Å². The summed E-state index contributed by atoms with van der Waals surface area (Å²) in [5.74, 6) is 1.22. The van der Waals surface area contributed by atoms with Crippen LogP contribution in [-0.2, 0) is 19.6 Å². The fourth-order valence-electron chi connectivity index (χ4n) is 3.77. The first-order valence-corrected chi connectivity index (χ1v) is 10.8. The number of H-pyrrole nitrogens is 1. The molecule has 5 heteroatoms. The number of hydrogen-bond donors (Lipinski definition) is 2. The molecule has 0 aliphatic carbocycles. The summed E-state index contributed by atoms with van der Waals surface area (Å²) in [7, 11) is 1.64. The van der Waals surface area contributed by atoms with E-state index in [1.165, 1.54) is 22.0 Å². The Hall–Kier alpha value is -2.95. The molecule has 31 heavy (non-hydrogen) atoms. The molecule has 0 fully saturated rings. The number of rotatable bonds is 9. The fourth-order valence-corrected chi connectivity index (χ4v) is 4.05. The van der Waals surface area contributed by atoms with Gasteiger partial charge in [-0.1, -0.05) is 59.6 Å². The Bertz CT molecular complexity index is 1170. The quantitative estimate of drug-likeness (QED) is 0.315.